The largest absolute Gasteiger partial charge is 0.455 e. The Morgan fingerprint density at radius 3 is 1.32 bits per heavy atom. The first-order valence-corrected chi connectivity index (χ1v) is 18.4. The van der Waals surface area contributed by atoms with Crippen molar-refractivity contribution in [1.82, 2.24) is 0 Å². The second-order valence-electron chi connectivity index (χ2n) is 15.2. The first-order valence-electron chi connectivity index (χ1n) is 18.4. The van der Waals surface area contributed by atoms with Crippen LogP contribution in [0.2, 0.25) is 0 Å². The predicted octanol–water partition coefficient (Wildman–Crippen LogP) is 14.6. The van der Waals surface area contributed by atoms with Crippen molar-refractivity contribution in [3.63, 3.8) is 0 Å². The Bertz CT molecular complexity index is 3250. The van der Waals surface area contributed by atoms with E-state index in [1.165, 1.54) is 65.7 Å². The summed E-state index contributed by atoms with van der Waals surface area (Å²) in [6.45, 7) is 4.73. The van der Waals surface area contributed by atoms with Crippen LogP contribution >= 0.6 is 0 Å². The molecule has 0 atom stereocenters. The Labute approximate surface area is 305 Å². The maximum absolute atomic E-state index is 6.66. The van der Waals surface area contributed by atoms with Crippen LogP contribution in [-0.2, 0) is 5.41 Å². The highest BCUT2D eigenvalue weighted by atomic mass is 16.3. The molecular weight excluding hydrogens is 645 g/mol. The van der Waals surface area contributed by atoms with Crippen molar-refractivity contribution in [2.24, 2.45) is 0 Å². The number of rotatable bonds is 2. The topological polar surface area (TPSA) is 26.3 Å². The monoisotopic (exact) mass is 676 g/mol. The van der Waals surface area contributed by atoms with E-state index in [9.17, 15) is 0 Å². The van der Waals surface area contributed by atoms with Gasteiger partial charge in [0, 0.05) is 27.0 Å². The van der Waals surface area contributed by atoms with Crippen molar-refractivity contribution in [3.05, 3.63) is 169 Å². The number of hydrogen-bond acceptors (Lipinski definition) is 2. The molecular formula is C51H32O2. The molecule has 53 heavy (non-hydrogen) atoms. The summed E-state index contributed by atoms with van der Waals surface area (Å²) in [6.07, 6.45) is 0. The van der Waals surface area contributed by atoms with Crippen LogP contribution < -0.4 is 0 Å². The molecule has 12 rings (SSSR count). The van der Waals surface area contributed by atoms with Gasteiger partial charge in [-0.15, -0.1) is 0 Å². The van der Waals surface area contributed by atoms with Gasteiger partial charge >= 0.3 is 0 Å². The fourth-order valence-corrected chi connectivity index (χ4v) is 9.46. The third-order valence-electron chi connectivity index (χ3n) is 12.1. The lowest BCUT2D eigenvalue weighted by Crippen LogP contribution is -2.15. The molecule has 248 valence electrons. The van der Waals surface area contributed by atoms with Gasteiger partial charge in [0.15, 0.2) is 0 Å². The zero-order chi connectivity index (χ0) is 35.0. The van der Waals surface area contributed by atoms with E-state index in [0.29, 0.717) is 0 Å². The normalized spacial score (nSPS) is 13.6. The minimum atomic E-state index is -0.217. The van der Waals surface area contributed by atoms with Crippen molar-refractivity contribution in [1.29, 1.82) is 0 Å². The molecule has 2 nitrogen and oxygen atoms in total. The Balaban J connectivity index is 1.03. The van der Waals surface area contributed by atoms with E-state index in [1.807, 2.05) is 12.1 Å². The highest BCUT2D eigenvalue weighted by Crippen LogP contribution is 2.52. The molecule has 0 saturated carbocycles. The molecule has 0 bridgehead atoms. The zero-order valence-electron chi connectivity index (χ0n) is 29.3. The summed E-state index contributed by atoms with van der Waals surface area (Å²) in [5.41, 5.74) is 13.1. The van der Waals surface area contributed by atoms with Crippen molar-refractivity contribution >= 4 is 76.2 Å². The second kappa shape index (κ2) is 10.2. The van der Waals surface area contributed by atoms with E-state index in [2.05, 4.69) is 159 Å². The summed E-state index contributed by atoms with van der Waals surface area (Å²) in [4.78, 5) is 0. The van der Waals surface area contributed by atoms with Crippen LogP contribution in [-0.4, -0.2) is 0 Å². The molecule has 0 spiro atoms. The molecule has 0 saturated heterocycles. The molecule has 1 aliphatic rings. The molecule has 2 aromatic heterocycles. The lowest BCUT2D eigenvalue weighted by molar-refractivity contribution is 0.656. The maximum atomic E-state index is 6.66. The third kappa shape index (κ3) is 3.87. The van der Waals surface area contributed by atoms with Gasteiger partial charge in [-0.2, -0.15) is 0 Å². The minimum Gasteiger partial charge on any atom is -0.455 e. The van der Waals surface area contributed by atoms with Crippen LogP contribution in [0.1, 0.15) is 25.0 Å². The van der Waals surface area contributed by atoms with Gasteiger partial charge in [0.1, 0.15) is 22.3 Å². The summed E-state index contributed by atoms with van der Waals surface area (Å²) < 4.78 is 13.3. The number of furan rings is 2. The van der Waals surface area contributed by atoms with Crippen LogP contribution in [0.5, 0.6) is 0 Å². The summed E-state index contributed by atoms with van der Waals surface area (Å²) >= 11 is 0. The maximum Gasteiger partial charge on any atom is 0.147 e. The predicted molar refractivity (Wildman–Crippen MR) is 222 cm³/mol. The van der Waals surface area contributed by atoms with Crippen molar-refractivity contribution in [2.75, 3.05) is 0 Å². The van der Waals surface area contributed by atoms with Gasteiger partial charge in [0.2, 0.25) is 0 Å². The van der Waals surface area contributed by atoms with Gasteiger partial charge in [0.05, 0.1) is 5.56 Å². The highest BCUT2D eigenvalue weighted by molar-refractivity contribution is 6.26. The summed E-state index contributed by atoms with van der Waals surface area (Å²) in [6, 6.07) is 57.5. The lowest BCUT2D eigenvalue weighted by atomic mass is 9.80. The molecule has 0 fully saturated rings. The van der Waals surface area contributed by atoms with E-state index in [0.717, 1.165) is 55.0 Å². The number of fused-ring (bicyclic) bond motifs is 15. The molecule has 0 amide bonds. The van der Waals surface area contributed by atoms with Crippen LogP contribution in [0.15, 0.2) is 167 Å². The first kappa shape index (κ1) is 29.0. The van der Waals surface area contributed by atoms with Crippen LogP contribution in [0.25, 0.3) is 110 Å². The Kier molecular flexibility index (Phi) is 5.60. The van der Waals surface area contributed by atoms with E-state index >= 15 is 0 Å². The fourth-order valence-electron chi connectivity index (χ4n) is 9.46. The van der Waals surface area contributed by atoms with E-state index in [1.54, 1.807) is 0 Å². The van der Waals surface area contributed by atoms with Gasteiger partial charge in [-0.3, -0.25) is 0 Å². The average molecular weight is 677 g/mol. The lowest BCUT2D eigenvalue weighted by Gasteiger charge is -2.23. The molecule has 0 unspecified atom stereocenters. The molecule has 11 aromatic rings. The van der Waals surface area contributed by atoms with E-state index < -0.39 is 0 Å². The van der Waals surface area contributed by atoms with Gasteiger partial charge < -0.3 is 8.83 Å². The fraction of sp³-hybridized carbons (Fsp3) is 0.0588. The molecule has 9 aromatic carbocycles. The molecule has 1 aliphatic carbocycles. The number of benzene rings is 9. The van der Waals surface area contributed by atoms with Gasteiger partial charge in [-0.25, -0.2) is 0 Å². The molecule has 0 radical (unpaired) electrons. The number of para-hydroxylation sites is 2. The standard InChI is InChI=1S/C51H32O2/c1-51(2)44-26-30(29-19-22-36-34-13-4-3-11-32(34)33-12-5-6-14-35(33)41(36)25-29)20-23-37(44)38-24-21-31(27-45(38)51)48-49-42(39-15-7-9-17-46(39)52-49)28-43-40-16-8-10-18-47(40)53-50(43)48/h3-28H,1-2H3. The van der Waals surface area contributed by atoms with Crippen molar-refractivity contribution < 1.29 is 8.83 Å². The van der Waals surface area contributed by atoms with E-state index in [-0.39, 0.29) is 5.41 Å². The van der Waals surface area contributed by atoms with Crippen LogP contribution in [0, 0.1) is 0 Å². The van der Waals surface area contributed by atoms with Gasteiger partial charge in [-0.05, 0) is 108 Å². The summed E-state index contributed by atoms with van der Waals surface area (Å²) in [5, 5.41) is 12.2. The van der Waals surface area contributed by atoms with Gasteiger partial charge in [-0.1, -0.05) is 135 Å². The zero-order valence-corrected chi connectivity index (χ0v) is 29.3. The molecule has 2 heterocycles. The number of hydrogen-bond donors (Lipinski definition) is 0. The highest BCUT2D eigenvalue weighted by Gasteiger charge is 2.36. The third-order valence-corrected chi connectivity index (χ3v) is 12.1. The average Bonchev–Trinajstić information content (AvgIpc) is 3.84. The van der Waals surface area contributed by atoms with Crippen molar-refractivity contribution in [2.45, 2.75) is 19.3 Å². The summed E-state index contributed by atoms with van der Waals surface area (Å²) in [5.74, 6) is 0. The second-order valence-corrected chi connectivity index (χ2v) is 15.2. The molecule has 2 heteroatoms. The summed E-state index contributed by atoms with van der Waals surface area (Å²) in [7, 11) is 0. The molecule has 0 N–H and O–H groups in total. The minimum absolute atomic E-state index is 0.217. The van der Waals surface area contributed by atoms with Gasteiger partial charge in [0.25, 0.3) is 0 Å². The Morgan fingerprint density at radius 1 is 0.340 bits per heavy atom. The Hall–Kier alpha value is -6.64. The van der Waals surface area contributed by atoms with E-state index in [4.69, 9.17) is 8.83 Å². The first-order chi connectivity index (χ1) is 26.0. The molecule has 0 aliphatic heterocycles. The quantitative estimate of drug-likeness (QED) is 0.170. The van der Waals surface area contributed by atoms with Crippen LogP contribution in [0.4, 0.5) is 0 Å². The SMILES string of the molecule is CC1(C)c2cc(-c3ccc4c5ccccc5c5ccccc5c4c3)ccc2-c2ccc(-c3c4oc5ccccc5c4cc4c3oc3ccccc34)cc21. The Morgan fingerprint density at radius 2 is 0.755 bits per heavy atom. The van der Waals surface area contributed by atoms with Crippen LogP contribution in [0.3, 0.4) is 0 Å². The smallest absolute Gasteiger partial charge is 0.147 e. The van der Waals surface area contributed by atoms with Crippen molar-refractivity contribution in [3.8, 4) is 33.4 Å².